The summed E-state index contributed by atoms with van der Waals surface area (Å²) in [5.74, 6) is 1.70. The summed E-state index contributed by atoms with van der Waals surface area (Å²) in [5.41, 5.74) is -1.79. The van der Waals surface area contributed by atoms with Crippen LogP contribution in [0.1, 0.15) is 63.7 Å². The van der Waals surface area contributed by atoms with E-state index in [0.29, 0.717) is 41.2 Å². The molecule has 2 aromatic heterocycles. The van der Waals surface area contributed by atoms with Crippen LogP contribution in [0.5, 0.6) is 0 Å². The number of pyridine rings is 2. The highest BCUT2D eigenvalue weighted by atomic mass is 32.2. The third kappa shape index (κ3) is 6.25. The summed E-state index contributed by atoms with van der Waals surface area (Å²) in [6.07, 6.45) is -1.66. The lowest BCUT2D eigenvalue weighted by atomic mass is 9.88. The second-order valence-corrected chi connectivity index (χ2v) is 13.4. The Hall–Kier alpha value is -3.22. The molecule has 4 bridgehead atoms. The standard InChI is InChI=1S/C29H38F3N7O2S/c1-27(2,29(30,31)32)12-14-37-15-16-38(26(37)41)22-11-10-20-24(35-22)39-18-19(17-28(39,3)4)7-6-13-33-21-8-5-9-23(34-21)42-36-25(20)40/h5,8-11,19H,6-7,12-18H2,1-4H3,(H,33,34)(H,36,40). The molecule has 2 N–H and O–H groups in total. The van der Waals surface area contributed by atoms with E-state index in [0.717, 1.165) is 64.0 Å². The average molecular weight is 606 g/mol. The van der Waals surface area contributed by atoms with Crippen LogP contribution in [-0.4, -0.2) is 71.2 Å². The number of alkyl halides is 3. The predicted octanol–water partition coefficient (Wildman–Crippen LogP) is 5.94. The predicted molar refractivity (Wildman–Crippen MR) is 158 cm³/mol. The first kappa shape index (κ1) is 30.2. The minimum Gasteiger partial charge on any atom is -0.370 e. The van der Waals surface area contributed by atoms with E-state index >= 15 is 0 Å². The largest absolute Gasteiger partial charge is 0.394 e. The van der Waals surface area contributed by atoms with Crippen LogP contribution in [0.2, 0.25) is 0 Å². The lowest BCUT2D eigenvalue weighted by molar-refractivity contribution is -0.214. The van der Waals surface area contributed by atoms with Crippen molar-refractivity contribution in [2.45, 2.75) is 70.1 Å². The SMILES string of the molecule is CC1(C)CC2CCCNc3cccc(n3)SNC(=O)c3ccc(N4CCN(CCC(C)(C)C(F)(F)F)C4=O)nc3N1C2. The van der Waals surface area contributed by atoms with Crippen LogP contribution >= 0.6 is 11.9 Å². The maximum Gasteiger partial charge on any atom is 0.394 e. The molecule has 5 heterocycles. The number of aromatic nitrogens is 2. The molecule has 0 aliphatic carbocycles. The van der Waals surface area contributed by atoms with Crippen molar-refractivity contribution in [3.8, 4) is 0 Å². The molecule has 2 saturated heterocycles. The Morgan fingerprint density at radius 2 is 1.88 bits per heavy atom. The zero-order valence-corrected chi connectivity index (χ0v) is 25.2. The zero-order chi connectivity index (χ0) is 30.3. The van der Waals surface area contributed by atoms with Crippen LogP contribution in [0.15, 0.2) is 35.4 Å². The van der Waals surface area contributed by atoms with Gasteiger partial charge < -0.3 is 15.1 Å². The molecule has 228 valence electrons. The summed E-state index contributed by atoms with van der Waals surface area (Å²) in [4.78, 5) is 41.4. The topological polar surface area (TPSA) is 93.7 Å². The van der Waals surface area contributed by atoms with E-state index < -0.39 is 11.6 Å². The number of nitrogens with zero attached hydrogens (tertiary/aromatic N) is 5. The Morgan fingerprint density at radius 3 is 2.64 bits per heavy atom. The van der Waals surface area contributed by atoms with Gasteiger partial charge in [0.05, 0.1) is 11.0 Å². The Labute approximate surface area is 248 Å². The Balaban J connectivity index is 1.42. The molecule has 9 nitrogen and oxygen atoms in total. The van der Waals surface area contributed by atoms with Crippen molar-refractivity contribution in [2.24, 2.45) is 11.3 Å². The maximum absolute atomic E-state index is 13.5. The van der Waals surface area contributed by atoms with Gasteiger partial charge in [0.25, 0.3) is 5.91 Å². The van der Waals surface area contributed by atoms with Crippen LogP contribution in [0.4, 0.5) is 35.4 Å². The van der Waals surface area contributed by atoms with E-state index in [1.54, 1.807) is 12.1 Å². The Morgan fingerprint density at radius 1 is 1.10 bits per heavy atom. The number of rotatable bonds is 4. The third-order valence-electron chi connectivity index (χ3n) is 8.53. The smallest absolute Gasteiger partial charge is 0.370 e. The summed E-state index contributed by atoms with van der Waals surface area (Å²) in [5, 5.41) is 4.02. The second kappa shape index (κ2) is 11.5. The van der Waals surface area contributed by atoms with Gasteiger partial charge >= 0.3 is 12.2 Å². The molecule has 1 unspecified atom stereocenters. The molecule has 0 saturated carbocycles. The molecule has 5 rings (SSSR count). The first-order chi connectivity index (χ1) is 19.7. The van der Waals surface area contributed by atoms with Crippen LogP contribution in [0, 0.1) is 11.3 Å². The van der Waals surface area contributed by atoms with Crippen molar-refractivity contribution in [1.82, 2.24) is 19.6 Å². The first-order valence-electron chi connectivity index (χ1n) is 14.4. The van der Waals surface area contributed by atoms with Crippen molar-refractivity contribution in [3.05, 3.63) is 35.9 Å². The molecule has 13 heteroatoms. The number of hydrogen-bond acceptors (Lipinski definition) is 7. The quantitative estimate of drug-likeness (QED) is 0.417. The highest BCUT2D eigenvalue weighted by Crippen LogP contribution is 2.42. The first-order valence-corrected chi connectivity index (χ1v) is 15.2. The van der Waals surface area contributed by atoms with E-state index in [1.165, 1.54) is 9.80 Å². The molecule has 3 amide bonds. The molecule has 0 spiro atoms. The number of halogens is 3. The average Bonchev–Trinajstić information content (AvgIpc) is 3.45. The summed E-state index contributed by atoms with van der Waals surface area (Å²) in [6, 6.07) is 8.56. The maximum atomic E-state index is 13.5. The minimum atomic E-state index is -4.35. The van der Waals surface area contributed by atoms with Crippen LogP contribution in [-0.2, 0) is 0 Å². The molecular weight excluding hydrogens is 567 g/mol. The van der Waals surface area contributed by atoms with Gasteiger partial charge in [0, 0.05) is 50.2 Å². The van der Waals surface area contributed by atoms with Crippen molar-refractivity contribution in [2.75, 3.05) is 47.8 Å². The molecule has 42 heavy (non-hydrogen) atoms. The molecule has 3 aliphatic heterocycles. The van der Waals surface area contributed by atoms with E-state index in [4.69, 9.17) is 4.98 Å². The van der Waals surface area contributed by atoms with Gasteiger partial charge in [-0.3, -0.25) is 14.4 Å². The molecule has 3 aliphatic rings. The van der Waals surface area contributed by atoms with Crippen LogP contribution in [0.3, 0.4) is 0 Å². The summed E-state index contributed by atoms with van der Waals surface area (Å²) < 4.78 is 43.0. The lowest BCUT2D eigenvalue weighted by Crippen LogP contribution is -2.41. The lowest BCUT2D eigenvalue weighted by Gasteiger charge is -2.34. The summed E-state index contributed by atoms with van der Waals surface area (Å²) in [6.45, 7) is 8.70. The van der Waals surface area contributed by atoms with Gasteiger partial charge in [-0.1, -0.05) is 19.9 Å². The third-order valence-corrected chi connectivity index (χ3v) is 9.26. The van der Waals surface area contributed by atoms with Crippen molar-refractivity contribution >= 4 is 41.3 Å². The molecule has 0 aromatic carbocycles. The Kier molecular flexibility index (Phi) is 8.25. The fraction of sp³-hybridized carbons (Fsp3) is 0.586. The molecular formula is C29H38F3N7O2S. The normalized spacial score (nSPS) is 21.4. The molecule has 2 aromatic rings. The number of hydrogen-bond donors (Lipinski definition) is 2. The Bertz CT molecular complexity index is 1340. The number of anilines is 3. The van der Waals surface area contributed by atoms with Crippen molar-refractivity contribution in [3.63, 3.8) is 0 Å². The van der Waals surface area contributed by atoms with Gasteiger partial charge in [-0.05, 0) is 69.7 Å². The van der Waals surface area contributed by atoms with Crippen LogP contribution < -0.4 is 19.8 Å². The summed E-state index contributed by atoms with van der Waals surface area (Å²) in [7, 11) is 0. The van der Waals surface area contributed by atoms with E-state index in [1.807, 2.05) is 18.2 Å². The van der Waals surface area contributed by atoms with Gasteiger partial charge in [0.2, 0.25) is 0 Å². The zero-order valence-electron chi connectivity index (χ0n) is 24.4. The van der Waals surface area contributed by atoms with Crippen molar-refractivity contribution in [1.29, 1.82) is 0 Å². The summed E-state index contributed by atoms with van der Waals surface area (Å²) >= 11 is 1.12. The van der Waals surface area contributed by atoms with Crippen LogP contribution in [0.25, 0.3) is 0 Å². The van der Waals surface area contributed by atoms with E-state index in [2.05, 4.69) is 33.8 Å². The van der Waals surface area contributed by atoms with E-state index in [-0.39, 0.29) is 30.4 Å². The monoisotopic (exact) mass is 605 g/mol. The van der Waals surface area contributed by atoms with Gasteiger partial charge in [-0.2, -0.15) is 13.2 Å². The van der Waals surface area contributed by atoms with Gasteiger partial charge in [0.1, 0.15) is 22.5 Å². The number of amides is 3. The minimum absolute atomic E-state index is 0.00264. The highest BCUT2D eigenvalue weighted by molar-refractivity contribution is 7.97. The van der Waals surface area contributed by atoms with E-state index in [9.17, 15) is 22.8 Å². The number of carbonyl (C=O) groups is 2. The molecule has 2 fully saturated rings. The molecule has 0 radical (unpaired) electrons. The fourth-order valence-electron chi connectivity index (χ4n) is 5.81. The van der Waals surface area contributed by atoms with Gasteiger partial charge in [0.15, 0.2) is 0 Å². The number of carbonyl (C=O) groups excluding carboxylic acids is 2. The number of fused-ring (bicyclic) bond motifs is 6. The number of urea groups is 1. The molecule has 1 atom stereocenters. The van der Waals surface area contributed by atoms with Gasteiger partial charge in [-0.25, -0.2) is 14.8 Å². The second-order valence-electron chi connectivity index (χ2n) is 12.6. The van der Waals surface area contributed by atoms with Gasteiger partial charge in [-0.15, -0.1) is 0 Å². The van der Waals surface area contributed by atoms with Crippen molar-refractivity contribution < 1.29 is 22.8 Å². The highest BCUT2D eigenvalue weighted by Gasteiger charge is 2.47. The fourth-order valence-corrected chi connectivity index (χ4v) is 6.41. The number of nitrogens with one attached hydrogen (secondary N) is 2.